The first-order valence-electron chi connectivity index (χ1n) is 6.51. The Morgan fingerprint density at radius 3 is 2.10 bits per heavy atom. The Balaban J connectivity index is 2.89. The van der Waals surface area contributed by atoms with Gasteiger partial charge in [0.15, 0.2) is 21.3 Å². The van der Waals surface area contributed by atoms with Gasteiger partial charge in [0.25, 0.3) is 0 Å². The van der Waals surface area contributed by atoms with Crippen LogP contribution in [0.5, 0.6) is 17.2 Å². The van der Waals surface area contributed by atoms with Gasteiger partial charge in [-0.25, -0.2) is 8.42 Å². The van der Waals surface area contributed by atoms with E-state index in [-0.39, 0.29) is 23.9 Å². The summed E-state index contributed by atoms with van der Waals surface area (Å²) in [7, 11) is -0.247. The predicted octanol–water partition coefficient (Wildman–Crippen LogP) is 1.72. The van der Waals surface area contributed by atoms with Crippen LogP contribution in [-0.2, 0) is 9.84 Å². The van der Waals surface area contributed by atoms with Crippen LogP contribution >= 0.6 is 0 Å². The summed E-state index contributed by atoms with van der Waals surface area (Å²) in [5.74, 6) is 0.989. The summed E-state index contributed by atoms with van der Waals surface area (Å²) < 4.78 is 39.1. The van der Waals surface area contributed by atoms with E-state index in [1.807, 2.05) is 6.92 Å². The van der Waals surface area contributed by atoms with Crippen molar-refractivity contribution in [2.75, 3.05) is 32.3 Å². The van der Waals surface area contributed by atoms with Crippen molar-refractivity contribution in [1.82, 2.24) is 0 Å². The number of sulfone groups is 1. The Morgan fingerprint density at radius 1 is 1.10 bits per heavy atom. The van der Waals surface area contributed by atoms with Gasteiger partial charge in [0.05, 0.1) is 25.7 Å². The molecular formula is C14H20O6S. The number of hydrogen-bond acceptors (Lipinski definition) is 6. The van der Waals surface area contributed by atoms with Crippen LogP contribution in [0, 0.1) is 0 Å². The van der Waals surface area contributed by atoms with Crippen molar-refractivity contribution in [3.63, 3.8) is 0 Å². The van der Waals surface area contributed by atoms with Crippen LogP contribution < -0.4 is 14.2 Å². The van der Waals surface area contributed by atoms with Gasteiger partial charge in [-0.1, -0.05) is 6.92 Å². The lowest BCUT2D eigenvalue weighted by Gasteiger charge is -2.15. The van der Waals surface area contributed by atoms with Gasteiger partial charge in [0.2, 0.25) is 5.75 Å². The topological polar surface area (TPSA) is 78.9 Å². The van der Waals surface area contributed by atoms with E-state index >= 15 is 0 Å². The van der Waals surface area contributed by atoms with Crippen LogP contribution in [0.15, 0.2) is 12.1 Å². The molecule has 6 nitrogen and oxygen atoms in total. The number of aldehydes is 1. The van der Waals surface area contributed by atoms with E-state index < -0.39 is 9.84 Å². The summed E-state index contributed by atoms with van der Waals surface area (Å²) in [5.41, 5.74) is 0.384. The molecule has 0 saturated heterocycles. The summed E-state index contributed by atoms with van der Waals surface area (Å²) in [6, 6.07) is 3.01. The second-order valence-electron chi connectivity index (χ2n) is 4.37. The molecule has 0 fully saturated rings. The van der Waals surface area contributed by atoms with Gasteiger partial charge in [-0.3, -0.25) is 4.79 Å². The Hall–Kier alpha value is -1.76. The molecule has 1 aromatic carbocycles. The van der Waals surface area contributed by atoms with Crippen LogP contribution in [0.25, 0.3) is 0 Å². The average molecular weight is 316 g/mol. The van der Waals surface area contributed by atoms with Crippen LogP contribution in [-0.4, -0.2) is 47.0 Å². The highest BCUT2D eigenvalue weighted by Crippen LogP contribution is 2.38. The van der Waals surface area contributed by atoms with Gasteiger partial charge in [-0.05, 0) is 18.6 Å². The lowest BCUT2D eigenvalue weighted by molar-refractivity contribution is 0.112. The third kappa shape index (κ3) is 4.93. The molecule has 21 heavy (non-hydrogen) atoms. The first-order chi connectivity index (χ1) is 9.97. The molecular weight excluding hydrogens is 296 g/mol. The van der Waals surface area contributed by atoms with Gasteiger partial charge in [0, 0.05) is 5.56 Å². The number of benzene rings is 1. The molecule has 0 amide bonds. The minimum absolute atomic E-state index is 0.00447. The number of carbonyl (C=O) groups excluding carboxylic acids is 1. The fourth-order valence-electron chi connectivity index (χ4n) is 1.79. The minimum Gasteiger partial charge on any atom is -0.493 e. The zero-order valence-corrected chi connectivity index (χ0v) is 13.2. The summed E-state index contributed by atoms with van der Waals surface area (Å²) in [5, 5.41) is 0. The van der Waals surface area contributed by atoms with Gasteiger partial charge in [-0.15, -0.1) is 0 Å². The molecule has 0 aromatic heterocycles. The monoisotopic (exact) mass is 316 g/mol. The molecule has 0 radical (unpaired) electrons. The third-order valence-electron chi connectivity index (χ3n) is 2.77. The van der Waals surface area contributed by atoms with Crippen molar-refractivity contribution in [3.8, 4) is 17.2 Å². The molecule has 0 bridgehead atoms. The van der Waals surface area contributed by atoms with Crippen molar-refractivity contribution in [2.24, 2.45) is 0 Å². The summed E-state index contributed by atoms with van der Waals surface area (Å²) in [6.07, 6.45) is 1.24. The standard InChI is InChI=1S/C14H20O6S/c1-4-6-21(16,17)7-5-20-14-12(18-2)8-11(10-15)9-13(14)19-3/h8-10H,4-7H2,1-3H3. The number of carbonyl (C=O) groups is 1. The molecule has 0 aliphatic heterocycles. The van der Waals surface area contributed by atoms with Crippen molar-refractivity contribution < 1.29 is 27.4 Å². The molecule has 7 heteroatoms. The average Bonchev–Trinajstić information content (AvgIpc) is 2.46. The molecule has 0 atom stereocenters. The first kappa shape index (κ1) is 17.3. The van der Waals surface area contributed by atoms with E-state index in [1.54, 1.807) is 0 Å². The minimum atomic E-state index is -3.12. The Morgan fingerprint density at radius 2 is 1.67 bits per heavy atom. The zero-order valence-electron chi connectivity index (χ0n) is 12.4. The molecule has 0 aliphatic carbocycles. The lowest BCUT2D eigenvalue weighted by atomic mass is 10.2. The molecule has 1 rings (SSSR count). The van der Waals surface area contributed by atoms with Crippen LogP contribution in [0.3, 0.4) is 0 Å². The molecule has 0 spiro atoms. The molecule has 118 valence electrons. The van der Waals surface area contributed by atoms with Crippen molar-refractivity contribution in [1.29, 1.82) is 0 Å². The highest BCUT2D eigenvalue weighted by Gasteiger charge is 2.16. The van der Waals surface area contributed by atoms with Crippen molar-refractivity contribution in [3.05, 3.63) is 17.7 Å². The predicted molar refractivity (Wildman–Crippen MR) is 79.4 cm³/mol. The highest BCUT2D eigenvalue weighted by atomic mass is 32.2. The second kappa shape index (κ2) is 7.87. The fourth-order valence-corrected chi connectivity index (χ4v) is 2.96. The number of methoxy groups -OCH3 is 2. The van der Waals surface area contributed by atoms with Crippen LogP contribution in [0.4, 0.5) is 0 Å². The molecule has 0 saturated carbocycles. The number of hydrogen-bond donors (Lipinski definition) is 0. The van der Waals surface area contributed by atoms with E-state index in [0.717, 1.165) is 0 Å². The zero-order chi connectivity index (χ0) is 15.9. The lowest BCUT2D eigenvalue weighted by Crippen LogP contribution is -2.17. The van der Waals surface area contributed by atoms with Gasteiger partial charge in [0.1, 0.15) is 12.9 Å². The summed E-state index contributed by atoms with van der Waals surface area (Å²) >= 11 is 0. The first-order valence-corrected chi connectivity index (χ1v) is 8.34. The quantitative estimate of drug-likeness (QED) is 0.645. The SMILES string of the molecule is CCCS(=O)(=O)CCOc1c(OC)cc(C=O)cc1OC. The molecule has 0 aliphatic rings. The maximum Gasteiger partial charge on any atom is 0.203 e. The van der Waals surface area contributed by atoms with E-state index in [0.29, 0.717) is 29.8 Å². The molecule has 0 N–H and O–H groups in total. The third-order valence-corrected chi connectivity index (χ3v) is 4.59. The van der Waals surface area contributed by atoms with Crippen molar-refractivity contribution in [2.45, 2.75) is 13.3 Å². The van der Waals surface area contributed by atoms with Gasteiger partial charge < -0.3 is 14.2 Å². The largest absolute Gasteiger partial charge is 0.493 e. The second-order valence-corrected chi connectivity index (χ2v) is 6.68. The van der Waals surface area contributed by atoms with E-state index in [2.05, 4.69) is 0 Å². The summed E-state index contributed by atoms with van der Waals surface area (Å²) in [4.78, 5) is 10.8. The maximum atomic E-state index is 11.6. The van der Waals surface area contributed by atoms with Crippen molar-refractivity contribution >= 4 is 16.1 Å². The Bertz CT molecular complexity index is 554. The van der Waals surface area contributed by atoms with E-state index in [9.17, 15) is 13.2 Å². The Kier molecular flexibility index (Phi) is 6.48. The maximum absolute atomic E-state index is 11.6. The summed E-state index contributed by atoms with van der Waals surface area (Å²) in [6.45, 7) is 1.80. The van der Waals surface area contributed by atoms with E-state index in [4.69, 9.17) is 14.2 Å². The smallest absolute Gasteiger partial charge is 0.203 e. The Labute approximate surface area is 124 Å². The van der Waals surface area contributed by atoms with Crippen LogP contribution in [0.2, 0.25) is 0 Å². The van der Waals surface area contributed by atoms with E-state index in [1.165, 1.54) is 26.4 Å². The van der Waals surface area contributed by atoms with Gasteiger partial charge in [-0.2, -0.15) is 0 Å². The fraction of sp³-hybridized carbons (Fsp3) is 0.500. The normalized spacial score (nSPS) is 11.0. The van der Waals surface area contributed by atoms with Crippen LogP contribution in [0.1, 0.15) is 23.7 Å². The molecule has 0 heterocycles. The number of ether oxygens (including phenoxy) is 3. The van der Waals surface area contributed by atoms with Gasteiger partial charge >= 0.3 is 0 Å². The molecule has 1 aromatic rings. The molecule has 0 unspecified atom stereocenters. The highest BCUT2D eigenvalue weighted by molar-refractivity contribution is 7.91. The number of rotatable bonds is 9.